The van der Waals surface area contributed by atoms with Gasteiger partial charge in [0.15, 0.2) is 11.6 Å². The smallest absolute Gasteiger partial charge is 0.161 e. The zero-order chi connectivity index (χ0) is 19.8. The van der Waals surface area contributed by atoms with E-state index >= 15 is 0 Å². The Kier molecular flexibility index (Phi) is 6.65. The first-order chi connectivity index (χ1) is 13.6. The third-order valence-electron chi connectivity index (χ3n) is 3.78. The minimum atomic E-state index is 0.467. The van der Waals surface area contributed by atoms with Crippen molar-refractivity contribution in [3.05, 3.63) is 90.3 Å². The zero-order valence-corrected chi connectivity index (χ0v) is 16.5. The van der Waals surface area contributed by atoms with E-state index in [1.165, 1.54) is 0 Å². The van der Waals surface area contributed by atoms with Crippen LogP contribution in [0, 0.1) is 0 Å². The molecular weight excluding hydrogens is 370 g/mol. The molecule has 2 aromatic carbocycles. The van der Waals surface area contributed by atoms with Crippen molar-refractivity contribution >= 4 is 17.4 Å². The van der Waals surface area contributed by atoms with Crippen LogP contribution in [-0.4, -0.2) is 34.0 Å². The Balaban J connectivity index is 0.000000162. The van der Waals surface area contributed by atoms with E-state index in [1.807, 2.05) is 85.7 Å². The largest absolute Gasteiger partial charge is 0.363 e. The number of hydrogen-bond acceptors (Lipinski definition) is 5. The van der Waals surface area contributed by atoms with Gasteiger partial charge in [-0.3, -0.25) is 0 Å². The Labute approximate surface area is 169 Å². The van der Waals surface area contributed by atoms with Crippen molar-refractivity contribution in [2.45, 2.75) is 0 Å². The maximum absolute atomic E-state index is 5.74. The third-order valence-corrected chi connectivity index (χ3v) is 4.00. The van der Waals surface area contributed by atoms with Gasteiger partial charge in [0.1, 0.15) is 11.0 Å². The lowest BCUT2D eigenvalue weighted by atomic mass is 10.2. The summed E-state index contributed by atoms with van der Waals surface area (Å²) in [5.74, 6) is 2.35. The van der Waals surface area contributed by atoms with Crippen LogP contribution < -0.4 is 4.90 Å². The lowest BCUT2D eigenvalue weighted by Crippen LogP contribution is -2.11. The Bertz CT molecular complexity index is 1010. The van der Waals surface area contributed by atoms with E-state index in [0.717, 1.165) is 22.8 Å². The molecular formula is C22H20ClN5. The van der Waals surface area contributed by atoms with Gasteiger partial charge in [0.05, 0.1) is 0 Å². The predicted octanol–water partition coefficient (Wildman–Crippen LogP) is 5.01. The van der Waals surface area contributed by atoms with Crippen LogP contribution >= 0.6 is 11.6 Å². The Morgan fingerprint density at radius 2 is 1.14 bits per heavy atom. The summed E-state index contributed by atoms with van der Waals surface area (Å²) >= 11 is 5.74. The normalized spacial score (nSPS) is 9.96. The maximum Gasteiger partial charge on any atom is 0.161 e. The van der Waals surface area contributed by atoms with Gasteiger partial charge < -0.3 is 4.90 Å². The molecule has 6 heteroatoms. The molecule has 0 bridgehead atoms. The van der Waals surface area contributed by atoms with Gasteiger partial charge in [0.2, 0.25) is 0 Å². The molecule has 2 aromatic heterocycles. The van der Waals surface area contributed by atoms with Crippen molar-refractivity contribution in [2.75, 3.05) is 19.0 Å². The summed E-state index contributed by atoms with van der Waals surface area (Å²) in [5, 5.41) is 0.467. The highest BCUT2D eigenvalue weighted by molar-refractivity contribution is 6.29. The van der Waals surface area contributed by atoms with E-state index in [4.69, 9.17) is 11.6 Å². The third kappa shape index (κ3) is 5.34. The zero-order valence-electron chi connectivity index (χ0n) is 15.7. The van der Waals surface area contributed by atoms with Crippen LogP contribution in [-0.2, 0) is 0 Å². The van der Waals surface area contributed by atoms with E-state index in [2.05, 4.69) is 19.9 Å². The SMILES string of the molecule is CN(C)c1ccnc(-c2ccccc2)n1.Clc1ccnc(-c2ccccc2)n1. The molecule has 0 fully saturated rings. The second-order valence-electron chi connectivity index (χ2n) is 6.07. The van der Waals surface area contributed by atoms with Gasteiger partial charge in [0.25, 0.3) is 0 Å². The maximum atomic E-state index is 5.74. The fraction of sp³-hybridized carbons (Fsp3) is 0.0909. The summed E-state index contributed by atoms with van der Waals surface area (Å²) < 4.78 is 0. The van der Waals surface area contributed by atoms with Crippen molar-refractivity contribution in [2.24, 2.45) is 0 Å². The highest BCUT2D eigenvalue weighted by atomic mass is 35.5. The number of benzene rings is 2. The minimum absolute atomic E-state index is 0.467. The summed E-state index contributed by atoms with van der Waals surface area (Å²) in [6.45, 7) is 0. The molecule has 0 aliphatic heterocycles. The number of rotatable bonds is 3. The summed E-state index contributed by atoms with van der Waals surface area (Å²) in [4.78, 5) is 18.9. The van der Waals surface area contributed by atoms with Gasteiger partial charge in [-0.1, -0.05) is 72.3 Å². The molecule has 0 N–H and O–H groups in total. The van der Waals surface area contributed by atoms with Gasteiger partial charge in [-0.2, -0.15) is 0 Å². The molecule has 4 aromatic rings. The van der Waals surface area contributed by atoms with Crippen LogP contribution in [0.15, 0.2) is 85.2 Å². The first kappa shape index (κ1) is 19.5. The molecule has 5 nitrogen and oxygen atoms in total. The first-order valence-electron chi connectivity index (χ1n) is 8.73. The van der Waals surface area contributed by atoms with Crippen LogP contribution in [0.4, 0.5) is 5.82 Å². The summed E-state index contributed by atoms with van der Waals surface area (Å²) in [6, 6.07) is 23.3. The second-order valence-corrected chi connectivity index (χ2v) is 6.46. The molecule has 0 atom stereocenters. The van der Waals surface area contributed by atoms with Crippen LogP contribution in [0.1, 0.15) is 0 Å². The molecule has 0 unspecified atom stereocenters. The fourth-order valence-electron chi connectivity index (χ4n) is 2.39. The lowest BCUT2D eigenvalue weighted by molar-refractivity contribution is 1.04. The molecule has 2 heterocycles. The summed E-state index contributed by atoms with van der Waals surface area (Å²) in [7, 11) is 3.94. The van der Waals surface area contributed by atoms with E-state index < -0.39 is 0 Å². The van der Waals surface area contributed by atoms with Crippen molar-refractivity contribution < 1.29 is 0 Å². The van der Waals surface area contributed by atoms with Crippen molar-refractivity contribution in [3.8, 4) is 22.8 Å². The van der Waals surface area contributed by atoms with E-state index in [0.29, 0.717) is 11.0 Å². The van der Waals surface area contributed by atoms with Gasteiger partial charge >= 0.3 is 0 Å². The highest BCUT2D eigenvalue weighted by Crippen LogP contribution is 2.16. The molecule has 4 rings (SSSR count). The molecule has 0 amide bonds. The average molecular weight is 390 g/mol. The number of aromatic nitrogens is 4. The van der Waals surface area contributed by atoms with Crippen LogP contribution in [0.3, 0.4) is 0 Å². The molecule has 0 radical (unpaired) electrons. The minimum Gasteiger partial charge on any atom is -0.363 e. The van der Waals surface area contributed by atoms with Crippen molar-refractivity contribution in [1.29, 1.82) is 0 Å². The Morgan fingerprint density at radius 3 is 1.64 bits per heavy atom. The molecule has 28 heavy (non-hydrogen) atoms. The predicted molar refractivity (Wildman–Crippen MR) is 114 cm³/mol. The van der Waals surface area contributed by atoms with Crippen LogP contribution in [0.25, 0.3) is 22.8 Å². The van der Waals surface area contributed by atoms with Gasteiger partial charge in [-0.25, -0.2) is 19.9 Å². The standard InChI is InChI=1S/C12H13N3.C10H7ClN2/c1-15(2)11-8-9-13-12(14-11)10-6-4-3-5-7-10;11-9-6-7-12-10(13-9)8-4-2-1-3-5-8/h3-9H,1-2H3;1-7H. The van der Waals surface area contributed by atoms with Crippen LogP contribution in [0.2, 0.25) is 5.15 Å². The van der Waals surface area contributed by atoms with Crippen molar-refractivity contribution in [3.63, 3.8) is 0 Å². The molecule has 0 saturated heterocycles. The highest BCUT2D eigenvalue weighted by Gasteiger charge is 2.02. The van der Waals surface area contributed by atoms with Gasteiger partial charge in [-0.15, -0.1) is 0 Å². The molecule has 0 aliphatic carbocycles. The van der Waals surface area contributed by atoms with Gasteiger partial charge in [-0.05, 0) is 12.1 Å². The van der Waals surface area contributed by atoms with E-state index in [-0.39, 0.29) is 0 Å². The quantitative estimate of drug-likeness (QED) is 0.461. The van der Waals surface area contributed by atoms with E-state index in [9.17, 15) is 0 Å². The molecule has 0 saturated carbocycles. The number of halogens is 1. The summed E-state index contributed by atoms with van der Waals surface area (Å²) in [5.41, 5.74) is 2.02. The fourth-order valence-corrected chi connectivity index (χ4v) is 2.52. The summed E-state index contributed by atoms with van der Waals surface area (Å²) in [6.07, 6.45) is 3.43. The molecule has 0 aliphatic rings. The molecule has 0 spiro atoms. The van der Waals surface area contributed by atoms with Crippen molar-refractivity contribution in [1.82, 2.24) is 19.9 Å². The lowest BCUT2D eigenvalue weighted by Gasteiger charge is -2.11. The van der Waals surface area contributed by atoms with Crippen LogP contribution in [0.5, 0.6) is 0 Å². The monoisotopic (exact) mass is 389 g/mol. The Hall–Kier alpha value is -3.31. The number of nitrogens with zero attached hydrogens (tertiary/aromatic N) is 5. The Morgan fingerprint density at radius 1 is 0.643 bits per heavy atom. The molecule has 140 valence electrons. The second kappa shape index (κ2) is 9.58. The average Bonchev–Trinajstić information content (AvgIpc) is 2.75. The van der Waals surface area contributed by atoms with Gasteiger partial charge in [0, 0.05) is 37.6 Å². The number of hydrogen-bond donors (Lipinski definition) is 0. The van der Waals surface area contributed by atoms with E-state index in [1.54, 1.807) is 18.5 Å². The topological polar surface area (TPSA) is 54.8 Å². The number of anilines is 1. The first-order valence-corrected chi connectivity index (χ1v) is 9.11.